The van der Waals surface area contributed by atoms with E-state index in [1.165, 1.54) is 23.5 Å². The topological polar surface area (TPSA) is 60.8 Å². The summed E-state index contributed by atoms with van der Waals surface area (Å²) >= 11 is 1.53. The number of amides is 1. The van der Waals surface area contributed by atoms with Crippen LogP contribution in [0.4, 0.5) is 0 Å². The van der Waals surface area contributed by atoms with Crippen LogP contribution in [-0.2, 0) is 6.54 Å². The van der Waals surface area contributed by atoms with Crippen molar-refractivity contribution in [2.45, 2.75) is 6.54 Å². The van der Waals surface area contributed by atoms with Crippen LogP contribution in [0.5, 0.6) is 5.75 Å². The molecule has 5 heteroatoms. The summed E-state index contributed by atoms with van der Waals surface area (Å²) in [6.45, 7) is 0.329. The first kappa shape index (κ1) is 15.1. The van der Waals surface area contributed by atoms with Crippen molar-refractivity contribution in [2.24, 2.45) is 0 Å². The van der Waals surface area contributed by atoms with E-state index in [4.69, 9.17) is 5.11 Å². The van der Waals surface area contributed by atoms with E-state index in [2.05, 4.69) is 11.8 Å². The van der Waals surface area contributed by atoms with Gasteiger partial charge >= 0.3 is 0 Å². The molecule has 1 aromatic heterocycles. The van der Waals surface area contributed by atoms with Gasteiger partial charge in [-0.2, -0.15) is 0 Å². The Morgan fingerprint density at radius 2 is 2.05 bits per heavy atom. The molecular formula is C16H15NO3S. The van der Waals surface area contributed by atoms with Crippen LogP contribution < -0.4 is 0 Å². The lowest BCUT2D eigenvalue weighted by Crippen LogP contribution is -2.25. The largest absolute Gasteiger partial charge is 0.508 e. The van der Waals surface area contributed by atoms with Gasteiger partial charge in [-0.3, -0.25) is 4.79 Å². The fourth-order valence-corrected chi connectivity index (χ4v) is 2.67. The van der Waals surface area contributed by atoms with Crippen LogP contribution in [0.25, 0.3) is 0 Å². The maximum atomic E-state index is 12.2. The van der Waals surface area contributed by atoms with Gasteiger partial charge in [0.1, 0.15) is 12.4 Å². The van der Waals surface area contributed by atoms with Gasteiger partial charge < -0.3 is 15.1 Å². The highest BCUT2D eigenvalue weighted by Gasteiger charge is 2.12. The van der Waals surface area contributed by atoms with Crippen molar-refractivity contribution in [3.8, 4) is 17.6 Å². The van der Waals surface area contributed by atoms with Gasteiger partial charge in [-0.25, -0.2) is 0 Å². The third-order valence-corrected chi connectivity index (χ3v) is 3.74. The standard InChI is InChI=1S/C16H15NO3S/c1-17(16(20)13-4-6-14(19)7-5-13)10-15-9-12(11-21-15)3-2-8-18/h4-7,9,11,18-19H,8,10H2,1H3. The Kier molecular flexibility index (Phi) is 4.99. The lowest BCUT2D eigenvalue weighted by Gasteiger charge is -2.16. The summed E-state index contributed by atoms with van der Waals surface area (Å²) in [7, 11) is 1.73. The molecule has 1 aromatic carbocycles. The van der Waals surface area contributed by atoms with E-state index in [1.807, 2.05) is 11.4 Å². The highest BCUT2D eigenvalue weighted by Crippen LogP contribution is 2.17. The van der Waals surface area contributed by atoms with Gasteiger partial charge in [0.25, 0.3) is 5.91 Å². The van der Waals surface area contributed by atoms with Gasteiger partial charge in [-0.15, -0.1) is 11.3 Å². The molecule has 0 aliphatic carbocycles. The molecule has 0 saturated heterocycles. The minimum atomic E-state index is -0.162. The van der Waals surface area contributed by atoms with Gasteiger partial charge in [0.15, 0.2) is 0 Å². The van der Waals surface area contributed by atoms with Crippen LogP contribution in [-0.4, -0.2) is 34.7 Å². The quantitative estimate of drug-likeness (QED) is 0.853. The van der Waals surface area contributed by atoms with E-state index < -0.39 is 0 Å². The summed E-state index contributed by atoms with van der Waals surface area (Å²) in [5.74, 6) is 5.46. The number of thiophene rings is 1. The Morgan fingerprint density at radius 3 is 2.71 bits per heavy atom. The number of benzene rings is 1. The van der Waals surface area contributed by atoms with Crippen molar-refractivity contribution in [2.75, 3.05) is 13.7 Å². The molecule has 1 amide bonds. The molecule has 0 radical (unpaired) electrons. The molecule has 2 aromatic rings. The minimum absolute atomic E-state index is 0.105. The molecule has 2 N–H and O–H groups in total. The summed E-state index contributed by atoms with van der Waals surface area (Å²) in [4.78, 5) is 14.9. The summed E-state index contributed by atoms with van der Waals surface area (Å²) in [6.07, 6.45) is 0. The van der Waals surface area contributed by atoms with Crippen LogP contribution in [0, 0.1) is 11.8 Å². The molecule has 0 aliphatic rings. The SMILES string of the molecule is CN(Cc1cc(C#CCO)cs1)C(=O)c1ccc(O)cc1. The summed E-state index contributed by atoms with van der Waals surface area (Å²) in [6, 6.07) is 8.10. The molecule has 0 bridgehead atoms. The van der Waals surface area contributed by atoms with Crippen LogP contribution in [0.1, 0.15) is 20.8 Å². The molecule has 0 fully saturated rings. The Labute approximate surface area is 127 Å². The monoisotopic (exact) mass is 301 g/mol. The molecule has 0 unspecified atom stereocenters. The van der Waals surface area contributed by atoms with E-state index in [0.717, 1.165) is 10.4 Å². The van der Waals surface area contributed by atoms with Gasteiger partial charge in [0.2, 0.25) is 0 Å². The van der Waals surface area contributed by atoms with E-state index in [1.54, 1.807) is 24.1 Å². The maximum Gasteiger partial charge on any atom is 0.253 e. The molecule has 0 saturated carbocycles. The van der Waals surface area contributed by atoms with Crippen molar-refractivity contribution in [1.82, 2.24) is 4.90 Å². The zero-order valence-electron chi connectivity index (χ0n) is 11.5. The second kappa shape index (κ2) is 6.93. The molecule has 0 spiro atoms. The van der Waals surface area contributed by atoms with Gasteiger partial charge in [0, 0.05) is 28.4 Å². The normalized spacial score (nSPS) is 9.81. The molecular weight excluding hydrogens is 286 g/mol. The molecule has 0 aliphatic heterocycles. The number of nitrogens with zero attached hydrogens (tertiary/aromatic N) is 1. The fraction of sp³-hybridized carbons (Fsp3) is 0.188. The van der Waals surface area contributed by atoms with E-state index in [-0.39, 0.29) is 18.3 Å². The minimum Gasteiger partial charge on any atom is -0.508 e. The number of aliphatic hydroxyl groups excluding tert-OH is 1. The number of hydrogen-bond acceptors (Lipinski definition) is 4. The van der Waals surface area contributed by atoms with E-state index in [0.29, 0.717) is 12.1 Å². The lowest BCUT2D eigenvalue weighted by atomic mass is 10.2. The first-order valence-electron chi connectivity index (χ1n) is 6.32. The molecule has 2 rings (SSSR count). The second-order valence-corrected chi connectivity index (χ2v) is 5.47. The Bertz CT molecular complexity index is 680. The predicted octanol–water partition coefficient (Wildman–Crippen LogP) is 2.07. The fourth-order valence-electron chi connectivity index (χ4n) is 1.80. The molecule has 108 valence electrons. The second-order valence-electron chi connectivity index (χ2n) is 4.47. The number of phenols is 1. The Hall–Kier alpha value is -2.29. The maximum absolute atomic E-state index is 12.2. The first-order chi connectivity index (χ1) is 10.1. The van der Waals surface area contributed by atoms with Crippen molar-refractivity contribution in [1.29, 1.82) is 0 Å². The Morgan fingerprint density at radius 1 is 1.33 bits per heavy atom. The van der Waals surface area contributed by atoms with E-state index >= 15 is 0 Å². The van der Waals surface area contributed by atoms with Crippen molar-refractivity contribution in [3.05, 3.63) is 51.7 Å². The number of carbonyl (C=O) groups excluding carboxylic acids is 1. The third kappa shape index (κ3) is 4.09. The average molecular weight is 301 g/mol. The molecule has 4 nitrogen and oxygen atoms in total. The lowest BCUT2D eigenvalue weighted by molar-refractivity contribution is 0.0786. The van der Waals surface area contributed by atoms with Crippen molar-refractivity contribution >= 4 is 17.2 Å². The van der Waals surface area contributed by atoms with Gasteiger partial charge in [-0.05, 0) is 30.3 Å². The summed E-state index contributed by atoms with van der Waals surface area (Å²) < 4.78 is 0. The molecule has 21 heavy (non-hydrogen) atoms. The highest BCUT2D eigenvalue weighted by molar-refractivity contribution is 7.10. The number of rotatable bonds is 3. The van der Waals surface area contributed by atoms with Crippen LogP contribution in [0.15, 0.2) is 35.7 Å². The predicted molar refractivity (Wildman–Crippen MR) is 82.2 cm³/mol. The number of aliphatic hydroxyl groups is 1. The van der Waals surface area contributed by atoms with Crippen LogP contribution in [0.2, 0.25) is 0 Å². The highest BCUT2D eigenvalue weighted by atomic mass is 32.1. The smallest absolute Gasteiger partial charge is 0.253 e. The molecule has 1 heterocycles. The van der Waals surface area contributed by atoms with Gasteiger partial charge in [-0.1, -0.05) is 11.8 Å². The van der Waals surface area contributed by atoms with Crippen molar-refractivity contribution < 1.29 is 15.0 Å². The number of hydrogen-bond donors (Lipinski definition) is 2. The number of carbonyl (C=O) groups is 1. The molecule has 0 atom stereocenters. The van der Waals surface area contributed by atoms with Gasteiger partial charge in [0.05, 0.1) is 6.54 Å². The van der Waals surface area contributed by atoms with Crippen molar-refractivity contribution in [3.63, 3.8) is 0 Å². The van der Waals surface area contributed by atoms with Crippen LogP contribution in [0.3, 0.4) is 0 Å². The summed E-state index contributed by atoms with van der Waals surface area (Å²) in [5.41, 5.74) is 1.38. The average Bonchev–Trinajstić information content (AvgIpc) is 2.92. The van der Waals surface area contributed by atoms with Crippen LogP contribution >= 0.6 is 11.3 Å². The van der Waals surface area contributed by atoms with E-state index in [9.17, 15) is 9.90 Å². The number of aromatic hydroxyl groups is 1. The third-order valence-electron chi connectivity index (χ3n) is 2.82. The zero-order chi connectivity index (χ0) is 15.2. The first-order valence-corrected chi connectivity index (χ1v) is 7.19. The number of phenolic OH excluding ortho intramolecular Hbond substituents is 1. The Balaban J connectivity index is 2.03. The summed E-state index contributed by atoms with van der Waals surface area (Å²) in [5, 5.41) is 19.8. The zero-order valence-corrected chi connectivity index (χ0v) is 12.4.